The summed E-state index contributed by atoms with van der Waals surface area (Å²) >= 11 is 1.46. The number of para-hydroxylation sites is 1. The molecule has 0 aliphatic carbocycles. The summed E-state index contributed by atoms with van der Waals surface area (Å²) in [6.07, 6.45) is -0.172. The monoisotopic (exact) mass is 286 g/mol. The molecule has 0 unspecified atom stereocenters. The van der Waals surface area contributed by atoms with Crippen molar-refractivity contribution in [2.45, 2.75) is 6.42 Å². The van der Waals surface area contributed by atoms with Gasteiger partial charge in [-0.15, -0.1) is 11.3 Å². The third kappa shape index (κ3) is 2.23. The zero-order valence-corrected chi connectivity index (χ0v) is 11.1. The number of hydrogen-bond donors (Lipinski definition) is 1. The Bertz CT molecular complexity index is 831. The molecular formula is C15H10O4S. The SMILES string of the molecule is O=C(O)Cc1cccc2c(=O)cc(-c3cccs3)oc12. The molecule has 0 saturated carbocycles. The molecule has 0 saturated heterocycles. The fraction of sp³-hybridized carbons (Fsp3) is 0.0667. The van der Waals surface area contributed by atoms with E-state index in [1.807, 2.05) is 17.5 Å². The number of carbonyl (C=O) groups is 1. The van der Waals surface area contributed by atoms with Crippen molar-refractivity contribution in [1.29, 1.82) is 0 Å². The standard InChI is InChI=1S/C15H10O4S/c16-11-8-12(13-5-2-6-20-13)19-15-9(7-14(17)18)3-1-4-10(11)15/h1-6,8H,7H2,(H,17,18). The second-order valence-electron chi connectivity index (χ2n) is 4.32. The van der Waals surface area contributed by atoms with Crippen LogP contribution in [0.25, 0.3) is 21.6 Å². The maximum atomic E-state index is 12.1. The van der Waals surface area contributed by atoms with E-state index in [0.717, 1.165) is 4.88 Å². The molecule has 5 heteroatoms. The summed E-state index contributed by atoms with van der Waals surface area (Å²) < 4.78 is 5.77. The molecule has 4 nitrogen and oxygen atoms in total. The van der Waals surface area contributed by atoms with Crippen LogP contribution in [-0.4, -0.2) is 11.1 Å². The number of carboxylic acid groups (broad SMARTS) is 1. The van der Waals surface area contributed by atoms with Crippen LogP contribution in [0.1, 0.15) is 5.56 Å². The van der Waals surface area contributed by atoms with Gasteiger partial charge in [0.2, 0.25) is 0 Å². The van der Waals surface area contributed by atoms with Crippen molar-refractivity contribution < 1.29 is 14.3 Å². The van der Waals surface area contributed by atoms with E-state index in [-0.39, 0.29) is 11.8 Å². The van der Waals surface area contributed by atoms with Gasteiger partial charge < -0.3 is 9.52 Å². The Morgan fingerprint density at radius 3 is 2.80 bits per heavy atom. The highest BCUT2D eigenvalue weighted by Crippen LogP contribution is 2.27. The number of fused-ring (bicyclic) bond motifs is 1. The van der Waals surface area contributed by atoms with Gasteiger partial charge in [0.1, 0.15) is 11.3 Å². The normalized spacial score (nSPS) is 10.8. The van der Waals surface area contributed by atoms with Gasteiger partial charge in [0.05, 0.1) is 16.7 Å². The first kappa shape index (κ1) is 12.6. The summed E-state index contributed by atoms with van der Waals surface area (Å²) in [5.74, 6) is -0.489. The average Bonchev–Trinajstić information content (AvgIpc) is 2.93. The lowest BCUT2D eigenvalue weighted by Gasteiger charge is -2.05. The van der Waals surface area contributed by atoms with Crippen molar-refractivity contribution in [2.24, 2.45) is 0 Å². The summed E-state index contributed by atoms with van der Waals surface area (Å²) in [5, 5.41) is 11.2. The van der Waals surface area contributed by atoms with Crippen LogP contribution in [0.4, 0.5) is 0 Å². The molecule has 100 valence electrons. The number of rotatable bonds is 3. The fourth-order valence-corrected chi connectivity index (χ4v) is 2.76. The fourth-order valence-electron chi connectivity index (χ4n) is 2.08. The highest BCUT2D eigenvalue weighted by Gasteiger charge is 2.12. The van der Waals surface area contributed by atoms with Gasteiger partial charge in [-0.05, 0) is 17.5 Å². The van der Waals surface area contributed by atoms with Crippen LogP contribution in [0.3, 0.4) is 0 Å². The van der Waals surface area contributed by atoms with Crippen molar-refractivity contribution in [3.05, 3.63) is 57.6 Å². The van der Waals surface area contributed by atoms with Gasteiger partial charge in [0, 0.05) is 11.6 Å². The van der Waals surface area contributed by atoms with Crippen molar-refractivity contribution in [1.82, 2.24) is 0 Å². The largest absolute Gasteiger partial charge is 0.481 e. The summed E-state index contributed by atoms with van der Waals surface area (Å²) in [6, 6.07) is 10.1. The average molecular weight is 286 g/mol. The van der Waals surface area contributed by atoms with Gasteiger partial charge in [-0.2, -0.15) is 0 Å². The minimum absolute atomic E-state index is 0.165. The molecule has 20 heavy (non-hydrogen) atoms. The quantitative estimate of drug-likeness (QED) is 0.803. The van der Waals surface area contributed by atoms with E-state index in [9.17, 15) is 9.59 Å². The number of aliphatic carboxylic acids is 1. The zero-order chi connectivity index (χ0) is 14.1. The highest BCUT2D eigenvalue weighted by molar-refractivity contribution is 7.13. The predicted molar refractivity (Wildman–Crippen MR) is 77.1 cm³/mol. The van der Waals surface area contributed by atoms with Crippen LogP contribution in [0.15, 0.2) is 51.0 Å². The van der Waals surface area contributed by atoms with Gasteiger partial charge in [-0.1, -0.05) is 18.2 Å². The minimum atomic E-state index is -0.957. The topological polar surface area (TPSA) is 67.5 Å². The Hall–Kier alpha value is -2.40. The molecule has 0 atom stereocenters. The van der Waals surface area contributed by atoms with Crippen LogP contribution in [0.5, 0.6) is 0 Å². The molecule has 2 aromatic heterocycles. The lowest BCUT2D eigenvalue weighted by molar-refractivity contribution is -0.136. The predicted octanol–water partition coefficient (Wildman–Crippen LogP) is 3.15. The number of carboxylic acids is 1. The second-order valence-corrected chi connectivity index (χ2v) is 5.26. The Labute approximate surface area is 117 Å². The molecule has 3 rings (SSSR count). The molecular weight excluding hydrogens is 276 g/mol. The number of hydrogen-bond acceptors (Lipinski definition) is 4. The molecule has 0 fully saturated rings. The van der Waals surface area contributed by atoms with Crippen molar-refractivity contribution in [3.8, 4) is 10.6 Å². The first-order valence-electron chi connectivity index (χ1n) is 5.96. The summed E-state index contributed by atoms with van der Waals surface area (Å²) in [7, 11) is 0. The Morgan fingerprint density at radius 2 is 2.10 bits per heavy atom. The van der Waals surface area contributed by atoms with Gasteiger partial charge in [0.15, 0.2) is 5.43 Å². The Kier molecular flexibility index (Phi) is 3.12. The summed E-state index contributed by atoms with van der Waals surface area (Å²) in [5.41, 5.74) is 0.693. The highest BCUT2D eigenvalue weighted by atomic mass is 32.1. The molecule has 3 aromatic rings. The molecule has 1 N–H and O–H groups in total. The molecule has 0 amide bonds. The number of thiophene rings is 1. The minimum Gasteiger partial charge on any atom is -0.481 e. The lowest BCUT2D eigenvalue weighted by Crippen LogP contribution is -2.05. The molecule has 0 spiro atoms. The third-order valence-corrected chi connectivity index (χ3v) is 3.83. The third-order valence-electron chi connectivity index (χ3n) is 2.94. The van der Waals surface area contributed by atoms with Crippen molar-refractivity contribution in [2.75, 3.05) is 0 Å². The van der Waals surface area contributed by atoms with E-state index in [2.05, 4.69) is 0 Å². The molecule has 0 bridgehead atoms. The van der Waals surface area contributed by atoms with Gasteiger partial charge in [0.25, 0.3) is 0 Å². The summed E-state index contributed by atoms with van der Waals surface area (Å²) in [4.78, 5) is 23.9. The summed E-state index contributed by atoms with van der Waals surface area (Å²) in [6.45, 7) is 0. The van der Waals surface area contributed by atoms with E-state index >= 15 is 0 Å². The first-order chi connectivity index (χ1) is 9.65. The molecule has 0 aliphatic heterocycles. The molecule has 0 aliphatic rings. The second kappa shape index (κ2) is 4.94. The van der Waals surface area contributed by atoms with Crippen LogP contribution in [-0.2, 0) is 11.2 Å². The van der Waals surface area contributed by atoms with Crippen LogP contribution < -0.4 is 5.43 Å². The van der Waals surface area contributed by atoms with Crippen LogP contribution in [0.2, 0.25) is 0 Å². The van der Waals surface area contributed by atoms with E-state index in [0.29, 0.717) is 22.3 Å². The zero-order valence-electron chi connectivity index (χ0n) is 10.3. The van der Waals surface area contributed by atoms with Gasteiger partial charge >= 0.3 is 5.97 Å². The van der Waals surface area contributed by atoms with E-state index in [4.69, 9.17) is 9.52 Å². The maximum absolute atomic E-state index is 12.1. The van der Waals surface area contributed by atoms with Gasteiger partial charge in [-0.25, -0.2) is 0 Å². The molecule has 2 heterocycles. The number of benzene rings is 1. The van der Waals surface area contributed by atoms with E-state index in [1.54, 1.807) is 18.2 Å². The maximum Gasteiger partial charge on any atom is 0.307 e. The smallest absolute Gasteiger partial charge is 0.307 e. The van der Waals surface area contributed by atoms with Crippen molar-refractivity contribution >= 4 is 28.3 Å². The Morgan fingerprint density at radius 1 is 1.25 bits per heavy atom. The lowest BCUT2D eigenvalue weighted by atomic mass is 10.1. The van der Waals surface area contributed by atoms with E-state index < -0.39 is 5.97 Å². The first-order valence-corrected chi connectivity index (χ1v) is 6.84. The Balaban J connectivity index is 2.28. The van der Waals surface area contributed by atoms with Crippen LogP contribution >= 0.6 is 11.3 Å². The van der Waals surface area contributed by atoms with E-state index in [1.165, 1.54) is 17.4 Å². The van der Waals surface area contributed by atoms with Gasteiger partial charge in [-0.3, -0.25) is 9.59 Å². The van der Waals surface area contributed by atoms with Crippen molar-refractivity contribution in [3.63, 3.8) is 0 Å². The molecule has 0 radical (unpaired) electrons. The molecule has 1 aromatic carbocycles. The van der Waals surface area contributed by atoms with Crippen LogP contribution in [0, 0.1) is 0 Å².